The summed E-state index contributed by atoms with van der Waals surface area (Å²) in [5.74, 6) is -3.67. The third-order valence-corrected chi connectivity index (χ3v) is 14.7. The molecule has 402 valence electrons. The van der Waals surface area contributed by atoms with E-state index in [1.807, 2.05) is 78.0 Å². The number of amides is 1. The molecule has 2 aliphatic rings. The number of nitrogens with one attached hydrogen (secondary N) is 1. The average Bonchev–Trinajstić information content (AvgIpc) is 3.84. The highest BCUT2D eigenvalue weighted by Gasteiger charge is 2.68. The van der Waals surface area contributed by atoms with E-state index in [9.17, 15) is 44.7 Å². The van der Waals surface area contributed by atoms with Crippen molar-refractivity contribution in [2.24, 2.45) is 23.2 Å². The molecule has 0 saturated carbocycles. The molecule has 3 rings (SSSR count). The van der Waals surface area contributed by atoms with Crippen LogP contribution in [0.3, 0.4) is 0 Å². The van der Waals surface area contributed by atoms with Crippen molar-refractivity contribution in [2.45, 2.75) is 174 Å². The Kier molecular flexibility index (Phi) is 23.7. The number of likely N-dealkylation sites (N-methyl/N-ethyl adjacent to an activating group) is 1. The number of carbonyl (C=O) groups excluding carboxylic acids is 1. The average molecular weight is 1020 g/mol. The lowest BCUT2D eigenvalue weighted by Gasteiger charge is -2.50. The molecule has 8 N–H and O–H groups in total. The number of carbonyl (C=O) groups is 1. The molecular formula is C51H83N4O15P. The second-order valence-electron chi connectivity index (χ2n) is 20.4. The first-order valence-electron chi connectivity index (χ1n) is 24.2. The first-order valence-corrected chi connectivity index (χ1v) is 25.8. The second-order valence-corrected chi connectivity index (χ2v) is 21.6. The Morgan fingerprint density at radius 1 is 1.06 bits per heavy atom. The molecule has 1 aromatic rings. The van der Waals surface area contributed by atoms with Gasteiger partial charge in [-0.15, -0.1) is 0 Å². The second kappa shape index (κ2) is 27.2. The van der Waals surface area contributed by atoms with Crippen molar-refractivity contribution in [1.29, 1.82) is 5.26 Å². The molecule has 1 spiro atoms. The van der Waals surface area contributed by atoms with Gasteiger partial charge in [-0.05, 0) is 71.9 Å². The predicted molar refractivity (Wildman–Crippen MR) is 267 cm³/mol. The highest BCUT2D eigenvalue weighted by atomic mass is 31.2. The Hall–Kier alpha value is -3.42. The molecule has 3 heterocycles. The lowest BCUT2D eigenvalue weighted by Crippen LogP contribution is -2.58. The van der Waals surface area contributed by atoms with E-state index in [-0.39, 0.29) is 37.7 Å². The molecule has 0 aliphatic carbocycles. The molecule has 0 aromatic carbocycles. The summed E-state index contributed by atoms with van der Waals surface area (Å²) >= 11 is 0. The molecular weight excluding hydrogens is 940 g/mol. The van der Waals surface area contributed by atoms with Crippen LogP contribution in [0.2, 0.25) is 0 Å². The largest absolute Gasteiger partial charge is 0.469 e. The van der Waals surface area contributed by atoms with Gasteiger partial charge in [-0.25, -0.2) is 9.55 Å². The molecule has 20 heteroatoms. The third kappa shape index (κ3) is 16.8. The quantitative estimate of drug-likeness (QED) is 0.0341. The number of allylic oxidation sites excluding steroid dienone is 7. The number of phosphoric acid groups is 1. The van der Waals surface area contributed by atoms with Gasteiger partial charge in [0.15, 0.2) is 17.8 Å². The van der Waals surface area contributed by atoms with Gasteiger partial charge in [0.1, 0.15) is 30.3 Å². The van der Waals surface area contributed by atoms with Crippen LogP contribution in [0.1, 0.15) is 112 Å². The van der Waals surface area contributed by atoms with Gasteiger partial charge in [0.25, 0.3) is 5.91 Å². The minimum atomic E-state index is -5.16. The van der Waals surface area contributed by atoms with Crippen LogP contribution in [0, 0.1) is 34.5 Å². The number of oxazole rings is 1. The zero-order chi connectivity index (χ0) is 53.8. The standard InChI is InChI=1S/C51H83N4O15P/c1-29(21-22-52)17-15-18-30(2)31(3)23-32(4)43(58)36(8)39(56)25-42(66-14)46-47(70-71(62,63)64)50(9,10)51(69-46)26-40(57)35(7)41(68-51)20-16-19-37-27-67-49(54-37)33(5)24-34(6)53-48(61)45(60)44(59)38(28-65-13)55(11)12/h15-19,21,23,27,32-36,38-47,56-60H,20,24-26,28H2,1-14H3,(H,53,61)(H2,62,63,64)/b17-15+,19-16+,29-21-,30-18+,31-23+/t32-,33+,34-,35+,36+,38+,39+,40-,41+,42+,43-,44+,45+,46-,47+,51?/m0/s1. The van der Waals surface area contributed by atoms with Crippen LogP contribution in [-0.4, -0.2) is 159 Å². The number of phosphoric ester groups is 1. The number of aromatic nitrogens is 1. The fourth-order valence-electron chi connectivity index (χ4n) is 9.34. The maximum absolute atomic E-state index is 12.8. The fraction of sp³-hybridized carbons (Fsp3) is 0.706. The monoisotopic (exact) mass is 1020 g/mol. The van der Waals surface area contributed by atoms with E-state index in [1.54, 1.807) is 52.8 Å². The molecule has 19 nitrogen and oxygen atoms in total. The Labute approximate surface area is 420 Å². The van der Waals surface area contributed by atoms with Crippen LogP contribution in [-0.2, 0) is 32.8 Å². The Bertz CT molecular complexity index is 2110. The zero-order valence-corrected chi connectivity index (χ0v) is 44.9. The molecule has 1 aromatic heterocycles. The highest BCUT2D eigenvalue weighted by molar-refractivity contribution is 7.46. The minimum Gasteiger partial charge on any atom is -0.448 e. The van der Waals surface area contributed by atoms with E-state index >= 15 is 0 Å². The fourth-order valence-corrected chi connectivity index (χ4v) is 10.0. The van der Waals surface area contributed by atoms with Crippen molar-refractivity contribution in [3.63, 3.8) is 0 Å². The van der Waals surface area contributed by atoms with Crippen LogP contribution in [0.5, 0.6) is 0 Å². The van der Waals surface area contributed by atoms with Gasteiger partial charge in [-0.1, -0.05) is 77.5 Å². The first-order chi connectivity index (χ1) is 33.0. The van der Waals surface area contributed by atoms with Gasteiger partial charge >= 0.3 is 7.82 Å². The van der Waals surface area contributed by atoms with E-state index in [0.717, 1.165) is 16.7 Å². The van der Waals surface area contributed by atoms with Crippen LogP contribution in [0.15, 0.2) is 63.9 Å². The number of nitriles is 1. The summed E-state index contributed by atoms with van der Waals surface area (Å²) < 4.78 is 48.3. The highest BCUT2D eigenvalue weighted by Crippen LogP contribution is 2.59. The summed E-state index contributed by atoms with van der Waals surface area (Å²) in [5.41, 5.74) is 1.87. The molecule has 16 atom stereocenters. The van der Waals surface area contributed by atoms with Crippen molar-refractivity contribution in [1.82, 2.24) is 15.2 Å². The number of rotatable bonds is 26. The van der Waals surface area contributed by atoms with E-state index in [2.05, 4.69) is 10.3 Å². The van der Waals surface area contributed by atoms with E-state index in [0.29, 0.717) is 18.0 Å². The summed E-state index contributed by atoms with van der Waals surface area (Å²) in [6.07, 6.45) is 4.05. The van der Waals surface area contributed by atoms with Gasteiger partial charge < -0.3 is 68.9 Å². The third-order valence-electron chi connectivity index (χ3n) is 14.2. The van der Waals surface area contributed by atoms with Crippen molar-refractivity contribution < 1.29 is 72.6 Å². The molecule has 1 amide bonds. The molecule has 0 bridgehead atoms. The first kappa shape index (κ1) is 61.9. The maximum Gasteiger partial charge on any atom is 0.469 e. The molecule has 2 saturated heterocycles. The summed E-state index contributed by atoms with van der Waals surface area (Å²) in [7, 11) is 1.13. The van der Waals surface area contributed by atoms with E-state index in [4.69, 9.17) is 33.2 Å². The number of methoxy groups -OCH3 is 2. The smallest absolute Gasteiger partial charge is 0.448 e. The summed E-state index contributed by atoms with van der Waals surface area (Å²) in [4.78, 5) is 39.5. The topological polar surface area (TPSA) is 287 Å². The lowest BCUT2D eigenvalue weighted by molar-refractivity contribution is -0.334. The zero-order valence-electron chi connectivity index (χ0n) is 44.0. The van der Waals surface area contributed by atoms with Crippen LogP contribution in [0.25, 0.3) is 6.08 Å². The molecule has 0 radical (unpaired) electrons. The number of aliphatic hydroxyl groups excluding tert-OH is 5. The van der Waals surface area contributed by atoms with E-state index < -0.39 is 104 Å². The Balaban J connectivity index is 1.76. The maximum atomic E-state index is 12.8. The van der Waals surface area contributed by atoms with Crippen molar-refractivity contribution in [2.75, 3.05) is 34.9 Å². The number of aliphatic hydroxyl groups is 5. The van der Waals surface area contributed by atoms with Gasteiger partial charge in [0.05, 0.1) is 49.2 Å². The number of hydrogen-bond donors (Lipinski definition) is 8. The van der Waals surface area contributed by atoms with Crippen LogP contribution >= 0.6 is 7.82 Å². The summed E-state index contributed by atoms with van der Waals surface area (Å²) in [5, 5.41) is 67.4. The number of ether oxygens (including phenoxy) is 4. The van der Waals surface area contributed by atoms with Gasteiger partial charge in [0.2, 0.25) is 0 Å². The van der Waals surface area contributed by atoms with Gasteiger partial charge in [0, 0.05) is 68.3 Å². The van der Waals surface area contributed by atoms with Gasteiger partial charge in [-0.3, -0.25) is 9.32 Å². The number of hydrogen-bond acceptors (Lipinski definition) is 16. The Morgan fingerprint density at radius 3 is 2.31 bits per heavy atom. The van der Waals surface area contributed by atoms with E-state index in [1.165, 1.54) is 26.6 Å². The van der Waals surface area contributed by atoms with Crippen molar-refractivity contribution in [3.05, 3.63) is 71.0 Å². The molecule has 2 aliphatic heterocycles. The van der Waals surface area contributed by atoms with Gasteiger partial charge in [-0.2, -0.15) is 5.26 Å². The summed E-state index contributed by atoms with van der Waals surface area (Å²) in [6.45, 7) is 18.2. The minimum absolute atomic E-state index is 0.0661. The Morgan fingerprint density at radius 2 is 1.72 bits per heavy atom. The molecule has 2 fully saturated rings. The molecule has 1 unspecified atom stereocenters. The predicted octanol–water partition coefficient (Wildman–Crippen LogP) is 5.08. The van der Waals surface area contributed by atoms with Crippen molar-refractivity contribution in [3.8, 4) is 6.07 Å². The SMILES string of the molecule is COC[C@H]([C@@H](O)[C@@H](O)C(=O)N[C@@H](C)C[C@@H](C)c1nc(/C=C/C[C@H]2OC3(C[C@H](O)[C@H]2C)O[C@@H]([C@@H](C[C@@H](O)[C@@H](C)[C@@H](O)[C@@H](C)/C=C(C)/C(C)=C/C=C/C(C)=C\C#N)OC)[C@@H](OP(=O)(O)O)C3(C)C)co1)N(C)C. The van der Waals surface area contributed by atoms with Crippen LogP contribution in [0.4, 0.5) is 0 Å². The normalized spacial score (nSPS) is 27.8. The number of nitrogens with zero attached hydrogens (tertiary/aromatic N) is 3. The lowest BCUT2D eigenvalue weighted by atomic mass is 9.72. The molecule has 71 heavy (non-hydrogen) atoms. The van der Waals surface area contributed by atoms with Crippen molar-refractivity contribution >= 4 is 19.8 Å². The summed E-state index contributed by atoms with van der Waals surface area (Å²) in [6, 6.07) is 0.980. The van der Waals surface area contributed by atoms with Crippen LogP contribution < -0.4 is 5.32 Å².